The second-order valence-electron chi connectivity index (χ2n) is 5.81. The highest BCUT2D eigenvalue weighted by atomic mass is 19.4. The Bertz CT molecular complexity index is 389. The van der Waals surface area contributed by atoms with Crippen LogP contribution < -0.4 is 0 Å². The first kappa shape index (κ1) is 16.6. The minimum absolute atomic E-state index is 0.0571. The second kappa shape index (κ2) is 5.49. The highest BCUT2D eigenvalue weighted by Crippen LogP contribution is 2.37. The normalized spacial score (nSPS) is 24.4. The number of aliphatic carboxylic acids is 1. The van der Waals surface area contributed by atoms with Gasteiger partial charge in [-0.15, -0.1) is 0 Å². The largest absolute Gasteiger partial charge is 0.481 e. The molecule has 0 aliphatic carbocycles. The summed E-state index contributed by atoms with van der Waals surface area (Å²) in [6, 6.07) is 0. The van der Waals surface area contributed by atoms with E-state index in [-0.39, 0.29) is 13.0 Å². The maximum absolute atomic E-state index is 12.9. The lowest BCUT2D eigenvalue weighted by molar-refractivity contribution is -0.206. The van der Waals surface area contributed by atoms with Gasteiger partial charge in [0.25, 0.3) is 0 Å². The van der Waals surface area contributed by atoms with Crippen LogP contribution in [0.3, 0.4) is 0 Å². The van der Waals surface area contributed by atoms with Crippen molar-refractivity contribution in [3.63, 3.8) is 0 Å². The molecule has 20 heavy (non-hydrogen) atoms. The van der Waals surface area contributed by atoms with Crippen LogP contribution in [-0.4, -0.2) is 46.9 Å². The number of likely N-dealkylation sites (tertiary alicyclic amines) is 1. The molecule has 5 nitrogen and oxygen atoms in total. The summed E-state index contributed by atoms with van der Waals surface area (Å²) in [5, 5.41) is 8.85. The van der Waals surface area contributed by atoms with Gasteiger partial charge in [-0.3, -0.25) is 4.79 Å². The van der Waals surface area contributed by atoms with Crippen molar-refractivity contribution in [3.05, 3.63) is 0 Å². The van der Waals surface area contributed by atoms with Gasteiger partial charge in [0.2, 0.25) is 0 Å². The van der Waals surface area contributed by atoms with E-state index >= 15 is 0 Å². The second-order valence-corrected chi connectivity index (χ2v) is 5.81. The number of hydrogen-bond acceptors (Lipinski definition) is 3. The Balaban J connectivity index is 2.82. The van der Waals surface area contributed by atoms with E-state index in [9.17, 15) is 22.8 Å². The van der Waals surface area contributed by atoms with Crippen LogP contribution in [0, 0.1) is 11.8 Å². The van der Waals surface area contributed by atoms with Gasteiger partial charge >= 0.3 is 18.2 Å². The third-order valence-electron chi connectivity index (χ3n) is 3.00. The summed E-state index contributed by atoms with van der Waals surface area (Å²) >= 11 is 0. The summed E-state index contributed by atoms with van der Waals surface area (Å²) in [6.45, 7) is 4.08. The Kier molecular flexibility index (Phi) is 4.55. The van der Waals surface area contributed by atoms with E-state index in [1.165, 1.54) is 0 Å². The molecule has 0 aromatic rings. The zero-order chi connectivity index (χ0) is 15.7. The third-order valence-corrected chi connectivity index (χ3v) is 3.00. The average Bonchev–Trinajstić information content (AvgIpc) is 2.24. The molecule has 1 amide bonds. The predicted octanol–water partition coefficient (Wildman–Crippen LogP) is 2.51. The van der Waals surface area contributed by atoms with E-state index in [0.29, 0.717) is 0 Å². The SMILES string of the molecule is CC(C)(C)OC(=O)N1CCC(C(=O)O)C(C(F)(F)F)C1. The fraction of sp³-hybridized carbons (Fsp3) is 0.833. The Hall–Kier alpha value is -1.47. The van der Waals surface area contributed by atoms with Crippen LogP contribution in [0.1, 0.15) is 27.2 Å². The fourth-order valence-electron chi connectivity index (χ4n) is 2.07. The zero-order valence-corrected chi connectivity index (χ0v) is 11.5. The molecule has 0 spiro atoms. The summed E-state index contributed by atoms with van der Waals surface area (Å²) in [4.78, 5) is 23.6. The van der Waals surface area contributed by atoms with Crippen molar-refractivity contribution in [2.24, 2.45) is 11.8 Å². The van der Waals surface area contributed by atoms with Crippen molar-refractivity contribution < 1.29 is 32.6 Å². The van der Waals surface area contributed by atoms with Gasteiger partial charge < -0.3 is 14.7 Å². The van der Waals surface area contributed by atoms with E-state index in [0.717, 1.165) is 4.90 Å². The molecule has 0 aromatic carbocycles. The molecule has 0 radical (unpaired) electrons. The van der Waals surface area contributed by atoms with Gasteiger partial charge in [-0.05, 0) is 27.2 Å². The molecule has 1 aliphatic heterocycles. The van der Waals surface area contributed by atoms with Crippen LogP contribution in [0.5, 0.6) is 0 Å². The van der Waals surface area contributed by atoms with Crippen LogP contribution in [-0.2, 0) is 9.53 Å². The van der Waals surface area contributed by atoms with E-state index in [1.807, 2.05) is 0 Å². The number of nitrogens with zero attached hydrogens (tertiary/aromatic N) is 1. The number of carbonyl (C=O) groups is 2. The summed E-state index contributed by atoms with van der Waals surface area (Å²) < 4.78 is 43.7. The molecule has 1 rings (SSSR count). The predicted molar refractivity (Wildman–Crippen MR) is 63.1 cm³/mol. The Morgan fingerprint density at radius 3 is 2.20 bits per heavy atom. The molecular formula is C12H18F3NO4. The van der Waals surface area contributed by atoms with E-state index in [4.69, 9.17) is 9.84 Å². The first-order valence-electron chi connectivity index (χ1n) is 6.19. The molecular weight excluding hydrogens is 279 g/mol. The lowest BCUT2D eigenvalue weighted by Gasteiger charge is -2.38. The van der Waals surface area contributed by atoms with Crippen LogP contribution in [0.25, 0.3) is 0 Å². The lowest BCUT2D eigenvalue weighted by atomic mass is 9.85. The molecule has 0 aromatic heterocycles. The Labute approximate surface area is 114 Å². The molecule has 2 unspecified atom stereocenters. The number of hydrogen-bond donors (Lipinski definition) is 1. The van der Waals surface area contributed by atoms with E-state index in [1.54, 1.807) is 20.8 Å². The molecule has 1 N–H and O–H groups in total. The first-order chi connectivity index (χ1) is 8.92. The van der Waals surface area contributed by atoms with Gasteiger partial charge in [0.15, 0.2) is 0 Å². The minimum atomic E-state index is -4.66. The minimum Gasteiger partial charge on any atom is -0.481 e. The van der Waals surface area contributed by atoms with Crippen LogP contribution in [0.2, 0.25) is 0 Å². The molecule has 0 bridgehead atoms. The highest BCUT2D eigenvalue weighted by Gasteiger charge is 2.51. The van der Waals surface area contributed by atoms with Crippen LogP contribution in [0.15, 0.2) is 0 Å². The van der Waals surface area contributed by atoms with Gasteiger partial charge in [-0.25, -0.2) is 4.79 Å². The van der Waals surface area contributed by atoms with Gasteiger partial charge in [-0.2, -0.15) is 13.2 Å². The molecule has 116 valence electrons. The van der Waals surface area contributed by atoms with Crippen LogP contribution >= 0.6 is 0 Å². The van der Waals surface area contributed by atoms with Gasteiger partial charge in [0, 0.05) is 13.1 Å². The van der Waals surface area contributed by atoms with Crippen molar-refractivity contribution in [2.45, 2.75) is 39.0 Å². The smallest absolute Gasteiger partial charge is 0.410 e. The van der Waals surface area contributed by atoms with Gasteiger partial charge in [-0.1, -0.05) is 0 Å². The van der Waals surface area contributed by atoms with Gasteiger partial charge in [0.1, 0.15) is 5.60 Å². The molecule has 2 atom stereocenters. The number of ether oxygens (including phenoxy) is 1. The summed E-state index contributed by atoms with van der Waals surface area (Å²) in [6.07, 6.45) is -5.75. The van der Waals surface area contributed by atoms with Gasteiger partial charge in [0.05, 0.1) is 11.8 Å². The summed E-state index contributed by atoms with van der Waals surface area (Å²) in [5.41, 5.74) is -0.811. The number of carboxylic acid groups (broad SMARTS) is 1. The number of piperidine rings is 1. The number of carbonyl (C=O) groups excluding carboxylic acids is 1. The highest BCUT2D eigenvalue weighted by molar-refractivity contribution is 5.72. The molecule has 1 aliphatic rings. The molecule has 1 heterocycles. The molecule has 1 saturated heterocycles. The maximum atomic E-state index is 12.9. The van der Waals surface area contributed by atoms with Crippen LogP contribution in [0.4, 0.5) is 18.0 Å². The summed E-state index contributed by atoms with van der Waals surface area (Å²) in [7, 11) is 0. The average molecular weight is 297 g/mol. The third kappa shape index (κ3) is 4.28. The Morgan fingerprint density at radius 1 is 1.25 bits per heavy atom. The number of amides is 1. The van der Waals surface area contributed by atoms with E-state index < -0.39 is 42.2 Å². The maximum Gasteiger partial charge on any atom is 0.410 e. The number of rotatable bonds is 1. The number of halogens is 3. The van der Waals surface area contributed by atoms with Crippen molar-refractivity contribution in [2.75, 3.05) is 13.1 Å². The quantitative estimate of drug-likeness (QED) is 0.807. The van der Waals surface area contributed by atoms with Crippen molar-refractivity contribution in [1.29, 1.82) is 0 Å². The Morgan fingerprint density at radius 2 is 1.80 bits per heavy atom. The monoisotopic (exact) mass is 297 g/mol. The molecule has 1 fully saturated rings. The standard InChI is InChI=1S/C12H18F3NO4/c1-11(2,3)20-10(19)16-5-4-7(9(17)18)8(6-16)12(13,14)15/h7-8H,4-6H2,1-3H3,(H,17,18). The lowest BCUT2D eigenvalue weighted by Crippen LogP contribution is -2.51. The molecule has 0 saturated carbocycles. The van der Waals surface area contributed by atoms with Crippen molar-refractivity contribution in [1.82, 2.24) is 4.90 Å². The first-order valence-corrected chi connectivity index (χ1v) is 6.19. The summed E-state index contributed by atoms with van der Waals surface area (Å²) in [5.74, 6) is -5.08. The van der Waals surface area contributed by atoms with Crippen molar-refractivity contribution >= 4 is 12.1 Å². The number of carboxylic acids is 1. The number of alkyl halides is 3. The fourth-order valence-corrected chi connectivity index (χ4v) is 2.07. The van der Waals surface area contributed by atoms with E-state index in [2.05, 4.69) is 0 Å². The topological polar surface area (TPSA) is 66.8 Å². The molecule has 8 heteroatoms. The van der Waals surface area contributed by atoms with Crippen molar-refractivity contribution in [3.8, 4) is 0 Å². The zero-order valence-electron chi connectivity index (χ0n) is 11.5.